The van der Waals surface area contributed by atoms with Crippen LogP contribution in [-0.2, 0) is 20.9 Å². The third kappa shape index (κ3) is 3.21. The maximum Gasteiger partial charge on any atom is 0.307 e. The smallest absolute Gasteiger partial charge is 0.307 e. The van der Waals surface area contributed by atoms with Gasteiger partial charge in [-0.15, -0.1) is 0 Å². The van der Waals surface area contributed by atoms with E-state index in [9.17, 15) is 9.59 Å². The number of hydrogen-bond acceptors (Lipinski definition) is 6. The van der Waals surface area contributed by atoms with E-state index in [1.807, 2.05) is 30.3 Å². The Morgan fingerprint density at radius 2 is 1.96 bits per heavy atom. The second-order valence-electron chi connectivity index (χ2n) is 6.96. The molecule has 0 radical (unpaired) electrons. The number of amides is 1. The number of carbonyl (C=O) groups excluding carboxylic acids is 2. The lowest BCUT2D eigenvalue weighted by molar-refractivity contribution is -0.153. The Balaban J connectivity index is 1.41. The van der Waals surface area contributed by atoms with Crippen molar-refractivity contribution in [2.45, 2.75) is 50.7 Å². The van der Waals surface area contributed by atoms with Gasteiger partial charge in [-0.2, -0.15) is 4.98 Å². The molecule has 2 aromatic rings. The molecule has 1 amide bonds. The number of rotatable bonds is 4. The van der Waals surface area contributed by atoms with E-state index in [0.29, 0.717) is 11.7 Å². The first-order chi connectivity index (χ1) is 12.7. The zero-order valence-electron chi connectivity index (χ0n) is 14.4. The SMILES string of the molecule is O=C1CC(C(=O)NCc2noc(-c3ccccc3)n2)C2(CCCCC2)O1. The van der Waals surface area contributed by atoms with Crippen LogP contribution in [0.25, 0.3) is 11.5 Å². The lowest BCUT2D eigenvalue weighted by Crippen LogP contribution is -2.45. The summed E-state index contributed by atoms with van der Waals surface area (Å²) in [6.07, 6.45) is 4.77. The van der Waals surface area contributed by atoms with Gasteiger partial charge in [-0.3, -0.25) is 9.59 Å². The van der Waals surface area contributed by atoms with Crippen LogP contribution in [0.4, 0.5) is 0 Å². The van der Waals surface area contributed by atoms with E-state index in [1.54, 1.807) is 0 Å². The van der Waals surface area contributed by atoms with Crippen molar-refractivity contribution >= 4 is 11.9 Å². The molecule has 1 N–H and O–H groups in total. The van der Waals surface area contributed by atoms with E-state index in [4.69, 9.17) is 9.26 Å². The first-order valence-corrected chi connectivity index (χ1v) is 9.04. The lowest BCUT2D eigenvalue weighted by atomic mass is 9.75. The van der Waals surface area contributed by atoms with Gasteiger partial charge in [0.25, 0.3) is 5.89 Å². The van der Waals surface area contributed by atoms with E-state index in [-0.39, 0.29) is 24.8 Å². The summed E-state index contributed by atoms with van der Waals surface area (Å²) in [7, 11) is 0. The van der Waals surface area contributed by atoms with Crippen molar-refractivity contribution in [3.63, 3.8) is 0 Å². The standard InChI is InChI=1S/C19H21N3O4/c23-16-11-14(19(25-16)9-5-2-6-10-19)17(24)20-12-15-21-18(26-22-15)13-7-3-1-4-8-13/h1,3-4,7-8,14H,2,5-6,9-12H2,(H,20,24). The van der Waals surface area contributed by atoms with Gasteiger partial charge in [0, 0.05) is 5.56 Å². The number of esters is 1. The first-order valence-electron chi connectivity index (χ1n) is 9.04. The normalized spacial score (nSPS) is 21.5. The van der Waals surface area contributed by atoms with Crippen LogP contribution >= 0.6 is 0 Å². The average Bonchev–Trinajstić information content (AvgIpc) is 3.26. The van der Waals surface area contributed by atoms with Crippen LogP contribution < -0.4 is 5.32 Å². The van der Waals surface area contributed by atoms with Crippen LogP contribution in [0.3, 0.4) is 0 Å². The Bertz CT molecular complexity index is 796. The highest BCUT2D eigenvalue weighted by molar-refractivity contribution is 5.87. The van der Waals surface area contributed by atoms with Crippen molar-refractivity contribution in [1.29, 1.82) is 0 Å². The van der Waals surface area contributed by atoms with Crippen LogP contribution in [0.1, 0.15) is 44.3 Å². The van der Waals surface area contributed by atoms with Crippen molar-refractivity contribution in [2.75, 3.05) is 0 Å². The first kappa shape index (κ1) is 16.8. The molecule has 2 aliphatic rings. The van der Waals surface area contributed by atoms with Crippen LogP contribution in [0.5, 0.6) is 0 Å². The minimum absolute atomic E-state index is 0.146. The highest BCUT2D eigenvalue weighted by atomic mass is 16.6. The summed E-state index contributed by atoms with van der Waals surface area (Å²) in [5.41, 5.74) is 0.208. The van der Waals surface area contributed by atoms with Crippen molar-refractivity contribution in [3.8, 4) is 11.5 Å². The average molecular weight is 355 g/mol. The Kier molecular flexibility index (Phi) is 4.44. The summed E-state index contributed by atoms with van der Waals surface area (Å²) in [5, 5.41) is 6.75. The summed E-state index contributed by atoms with van der Waals surface area (Å²) in [6.45, 7) is 0.163. The highest BCUT2D eigenvalue weighted by Gasteiger charge is 2.52. The fraction of sp³-hybridized carbons (Fsp3) is 0.474. The van der Waals surface area contributed by atoms with Crippen LogP contribution in [0.2, 0.25) is 0 Å². The van der Waals surface area contributed by atoms with Crippen molar-refractivity contribution in [3.05, 3.63) is 36.2 Å². The summed E-state index contributed by atoms with van der Waals surface area (Å²) in [5.74, 6) is -0.0734. The summed E-state index contributed by atoms with van der Waals surface area (Å²) >= 11 is 0. The van der Waals surface area contributed by atoms with E-state index in [2.05, 4.69) is 15.5 Å². The predicted molar refractivity (Wildman–Crippen MR) is 91.6 cm³/mol. The van der Waals surface area contributed by atoms with Gasteiger partial charge in [-0.05, 0) is 37.8 Å². The van der Waals surface area contributed by atoms with Crippen LogP contribution in [0, 0.1) is 5.92 Å². The number of benzene rings is 1. The van der Waals surface area contributed by atoms with Gasteiger partial charge in [-0.1, -0.05) is 29.8 Å². The van der Waals surface area contributed by atoms with Gasteiger partial charge in [0.1, 0.15) is 5.60 Å². The molecule has 26 heavy (non-hydrogen) atoms. The van der Waals surface area contributed by atoms with E-state index >= 15 is 0 Å². The Morgan fingerprint density at radius 1 is 1.19 bits per heavy atom. The zero-order chi connectivity index (χ0) is 18.0. The predicted octanol–water partition coefficient (Wildman–Crippen LogP) is 2.62. The zero-order valence-corrected chi connectivity index (χ0v) is 14.4. The molecule has 2 fully saturated rings. The number of nitrogens with one attached hydrogen (secondary N) is 1. The second kappa shape index (κ2) is 6.90. The molecule has 1 aliphatic heterocycles. The number of nitrogens with zero attached hydrogens (tertiary/aromatic N) is 2. The summed E-state index contributed by atoms with van der Waals surface area (Å²) < 4.78 is 10.8. The number of ether oxygens (including phenoxy) is 1. The highest BCUT2D eigenvalue weighted by Crippen LogP contribution is 2.44. The molecular formula is C19H21N3O4. The second-order valence-corrected chi connectivity index (χ2v) is 6.96. The molecule has 1 saturated carbocycles. The van der Waals surface area contributed by atoms with Gasteiger partial charge in [-0.25, -0.2) is 0 Å². The maximum atomic E-state index is 12.7. The molecule has 1 unspecified atom stereocenters. The molecule has 2 heterocycles. The molecule has 1 atom stereocenters. The fourth-order valence-electron chi connectivity index (χ4n) is 3.94. The topological polar surface area (TPSA) is 94.3 Å². The van der Waals surface area contributed by atoms with Gasteiger partial charge >= 0.3 is 5.97 Å². The molecular weight excluding hydrogens is 334 g/mol. The van der Waals surface area contributed by atoms with Crippen molar-refractivity contribution < 1.29 is 18.8 Å². The molecule has 1 saturated heterocycles. The van der Waals surface area contributed by atoms with Gasteiger partial charge in [0.15, 0.2) is 5.82 Å². The van der Waals surface area contributed by atoms with Crippen molar-refractivity contribution in [1.82, 2.24) is 15.5 Å². The monoisotopic (exact) mass is 355 g/mol. The van der Waals surface area contributed by atoms with E-state index in [0.717, 1.165) is 37.7 Å². The van der Waals surface area contributed by atoms with Crippen molar-refractivity contribution in [2.24, 2.45) is 5.92 Å². The third-order valence-corrected chi connectivity index (χ3v) is 5.25. The Morgan fingerprint density at radius 3 is 2.73 bits per heavy atom. The fourth-order valence-corrected chi connectivity index (χ4v) is 3.94. The number of aromatic nitrogens is 2. The molecule has 4 rings (SSSR count). The molecule has 7 nitrogen and oxygen atoms in total. The largest absolute Gasteiger partial charge is 0.458 e. The molecule has 7 heteroatoms. The summed E-state index contributed by atoms with van der Waals surface area (Å²) in [4.78, 5) is 28.8. The van der Waals surface area contributed by atoms with E-state index < -0.39 is 11.5 Å². The quantitative estimate of drug-likeness (QED) is 0.847. The lowest BCUT2D eigenvalue weighted by Gasteiger charge is -2.35. The van der Waals surface area contributed by atoms with Gasteiger partial charge in [0.05, 0.1) is 18.9 Å². The number of carbonyl (C=O) groups is 2. The molecule has 1 spiro atoms. The third-order valence-electron chi connectivity index (χ3n) is 5.25. The molecule has 1 aromatic heterocycles. The molecule has 1 aliphatic carbocycles. The molecule has 0 bridgehead atoms. The van der Waals surface area contributed by atoms with Crippen LogP contribution in [0.15, 0.2) is 34.9 Å². The maximum absolute atomic E-state index is 12.7. The van der Waals surface area contributed by atoms with Crippen LogP contribution in [-0.4, -0.2) is 27.6 Å². The number of hydrogen-bond donors (Lipinski definition) is 1. The van der Waals surface area contributed by atoms with Gasteiger partial charge in [0.2, 0.25) is 5.91 Å². The minimum atomic E-state index is -0.619. The Hall–Kier alpha value is -2.70. The van der Waals surface area contributed by atoms with E-state index in [1.165, 1.54) is 0 Å². The minimum Gasteiger partial charge on any atom is -0.458 e. The molecule has 136 valence electrons. The summed E-state index contributed by atoms with van der Waals surface area (Å²) in [6, 6.07) is 9.45. The molecule has 1 aromatic carbocycles. The van der Waals surface area contributed by atoms with Gasteiger partial charge < -0.3 is 14.6 Å². The Labute approximate surface area is 151 Å².